The van der Waals surface area contributed by atoms with Crippen LogP contribution < -0.4 is 5.73 Å². The van der Waals surface area contributed by atoms with Gasteiger partial charge in [0, 0.05) is 6.04 Å². The molecular formula is C13H26N2. The van der Waals surface area contributed by atoms with E-state index >= 15 is 0 Å². The summed E-state index contributed by atoms with van der Waals surface area (Å²) in [6.45, 7) is 8.31. The molecule has 2 fully saturated rings. The number of hydrogen-bond acceptors (Lipinski definition) is 2. The van der Waals surface area contributed by atoms with Gasteiger partial charge >= 0.3 is 0 Å². The largest absolute Gasteiger partial charge is 0.330 e. The summed E-state index contributed by atoms with van der Waals surface area (Å²) >= 11 is 0. The standard InChI is InChI=1S/C13H26N2/c1-13(2)6-3-12(9-13)15-7-4-11(10-14)5-8-15/h11-12H,3-10,14H2,1-2H3. The van der Waals surface area contributed by atoms with Crippen molar-refractivity contribution >= 4 is 0 Å². The molecule has 0 bridgehead atoms. The van der Waals surface area contributed by atoms with E-state index in [1.165, 1.54) is 45.2 Å². The Balaban J connectivity index is 1.81. The van der Waals surface area contributed by atoms with E-state index in [0.717, 1.165) is 18.5 Å². The third-order valence-electron chi connectivity index (χ3n) is 4.44. The van der Waals surface area contributed by atoms with E-state index in [-0.39, 0.29) is 0 Å². The van der Waals surface area contributed by atoms with Crippen LogP contribution in [-0.4, -0.2) is 30.6 Å². The monoisotopic (exact) mass is 210 g/mol. The van der Waals surface area contributed by atoms with Crippen molar-refractivity contribution < 1.29 is 0 Å². The normalized spacial score (nSPS) is 33.4. The maximum absolute atomic E-state index is 5.73. The van der Waals surface area contributed by atoms with Crippen molar-refractivity contribution in [2.24, 2.45) is 17.1 Å². The van der Waals surface area contributed by atoms with Gasteiger partial charge in [-0.25, -0.2) is 0 Å². The second-order valence-corrected chi connectivity index (χ2v) is 6.28. The van der Waals surface area contributed by atoms with Crippen LogP contribution in [0.15, 0.2) is 0 Å². The molecular weight excluding hydrogens is 184 g/mol. The van der Waals surface area contributed by atoms with E-state index < -0.39 is 0 Å². The molecule has 1 saturated heterocycles. The molecule has 2 aliphatic rings. The summed E-state index contributed by atoms with van der Waals surface area (Å²) in [6, 6.07) is 0.874. The van der Waals surface area contributed by atoms with Gasteiger partial charge in [-0.3, -0.25) is 0 Å². The molecule has 1 atom stereocenters. The number of nitrogens with zero attached hydrogens (tertiary/aromatic N) is 1. The molecule has 15 heavy (non-hydrogen) atoms. The predicted molar refractivity (Wildman–Crippen MR) is 64.8 cm³/mol. The van der Waals surface area contributed by atoms with E-state index in [4.69, 9.17) is 5.73 Å². The molecule has 1 aliphatic carbocycles. The number of rotatable bonds is 2. The molecule has 1 unspecified atom stereocenters. The van der Waals surface area contributed by atoms with Crippen molar-refractivity contribution in [3.8, 4) is 0 Å². The van der Waals surface area contributed by atoms with Crippen molar-refractivity contribution in [3.63, 3.8) is 0 Å². The van der Waals surface area contributed by atoms with Gasteiger partial charge in [0.2, 0.25) is 0 Å². The molecule has 0 radical (unpaired) electrons. The molecule has 2 N–H and O–H groups in total. The first-order valence-corrected chi connectivity index (χ1v) is 6.55. The predicted octanol–water partition coefficient (Wildman–Crippen LogP) is 2.24. The number of likely N-dealkylation sites (tertiary alicyclic amines) is 1. The van der Waals surface area contributed by atoms with Gasteiger partial charge in [-0.1, -0.05) is 13.8 Å². The summed E-state index contributed by atoms with van der Waals surface area (Å²) < 4.78 is 0. The van der Waals surface area contributed by atoms with E-state index in [9.17, 15) is 0 Å². The Hall–Kier alpha value is -0.0800. The zero-order valence-corrected chi connectivity index (χ0v) is 10.3. The highest BCUT2D eigenvalue weighted by Gasteiger charge is 2.35. The van der Waals surface area contributed by atoms with Crippen molar-refractivity contribution in [1.29, 1.82) is 0 Å². The maximum Gasteiger partial charge on any atom is 0.0100 e. The summed E-state index contributed by atoms with van der Waals surface area (Å²) in [5, 5.41) is 0. The second-order valence-electron chi connectivity index (χ2n) is 6.28. The van der Waals surface area contributed by atoms with Crippen LogP contribution >= 0.6 is 0 Å². The molecule has 2 rings (SSSR count). The Morgan fingerprint density at radius 1 is 1.20 bits per heavy atom. The lowest BCUT2D eigenvalue weighted by molar-refractivity contribution is 0.129. The third kappa shape index (κ3) is 2.73. The molecule has 2 heteroatoms. The Labute approximate surface area is 94.2 Å². The van der Waals surface area contributed by atoms with Gasteiger partial charge in [-0.05, 0) is 63.1 Å². The van der Waals surface area contributed by atoms with Crippen LogP contribution in [0, 0.1) is 11.3 Å². The lowest BCUT2D eigenvalue weighted by Gasteiger charge is -2.36. The van der Waals surface area contributed by atoms with Gasteiger partial charge in [-0.15, -0.1) is 0 Å². The van der Waals surface area contributed by atoms with E-state index in [1.54, 1.807) is 0 Å². The fourth-order valence-electron chi connectivity index (χ4n) is 3.26. The van der Waals surface area contributed by atoms with E-state index in [1.807, 2.05) is 0 Å². The molecule has 1 saturated carbocycles. The van der Waals surface area contributed by atoms with Crippen molar-refractivity contribution in [3.05, 3.63) is 0 Å². The summed E-state index contributed by atoms with van der Waals surface area (Å²) in [4.78, 5) is 2.72. The highest BCUT2D eigenvalue weighted by Crippen LogP contribution is 2.40. The average Bonchev–Trinajstić information content (AvgIpc) is 2.59. The van der Waals surface area contributed by atoms with E-state index in [0.29, 0.717) is 5.41 Å². The minimum atomic E-state index is 0.593. The smallest absolute Gasteiger partial charge is 0.0100 e. The summed E-state index contributed by atoms with van der Waals surface area (Å²) in [7, 11) is 0. The van der Waals surface area contributed by atoms with E-state index in [2.05, 4.69) is 18.7 Å². The molecule has 0 aromatic rings. The maximum atomic E-state index is 5.73. The minimum absolute atomic E-state index is 0.593. The lowest BCUT2D eigenvalue weighted by atomic mass is 9.91. The second kappa shape index (κ2) is 4.42. The fourth-order valence-corrected chi connectivity index (χ4v) is 3.26. The fraction of sp³-hybridized carbons (Fsp3) is 1.00. The molecule has 88 valence electrons. The van der Waals surface area contributed by atoms with Crippen LogP contribution in [0.2, 0.25) is 0 Å². The quantitative estimate of drug-likeness (QED) is 0.757. The van der Waals surface area contributed by atoms with Crippen LogP contribution in [0.5, 0.6) is 0 Å². The summed E-state index contributed by atoms with van der Waals surface area (Å²) in [5.41, 5.74) is 6.32. The first-order chi connectivity index (χ1) is 7.11. The van der Waals surface area contributed by atoms with Crippen molar-refractivity contribution in [2.45, 2.75) is 52.0 Å². The Morgan fingerprint density at radius 2 is 1.87 bits per heavy atom. The zero-order valence-electron chi connectivity index (χ0n) is 10.3. The molecule has 1 aliphatic heterocycles. The number of nitrogens with two attached hydrogens (primary N) is 1. The summed E-state index contributed by atoms with van der Waals surface area (Å²) in [5.74, 6) is 0.802. The van der Waals surface area contributed by atoms with Gasteiger partial charge < -0.3 is 10.6 Å². The van der Waals surface area contributed by atoms with Crippen molar-refractivity contribution in [1.82, 2.24) is 4.90 Å². The highest BCUT2D eigenvalue weighted by molar-refractivity contribution is 4.89. The zero-order chi connectivity index (χ0) is 10.9. The molecule has 2 nitrogen and oxygen atoms in total. The van der Waals surface area contributed by atoms with Gasteiger partial charge in [0.15, 0.2) is 0 Å². The molecule has 0 amide bonds. The Morgan fingerprint density at radius 3 is 2.33 bits per heavy atom. The number of piperidine rings is 1. The topological polar surface area (TPSA) is 29.3 Å². The van der Waals surface area contributed by atoms with Crippen LogP contribution in [0.3, 0.4) is 0 Å². The first-order valence-electron chi connectivity index (χ1n) is 6.55. The minimum Gasteiger partial charge on any atom is -0.330 e. The van der Waals surface area contributed by atoms with Gasteiger partial charge in [0.25, 0.3) is 0 Å². The SMILES string of the molecule is CC1(C)CCC(N2CCC(CN)CC2)C1. The number of hydrogen-bond donors (Lipinski definition) is 1. The van der Waals surface area contributed by atoms with Gasteiger partial charge in [-0.2, -0.15) is 0 Å². The van der Waals surface area contributed by atoms with Crippen molar-refractivity contribution in [2.75, 3.05) is 19.6 Å². The van der Waals surface area contributed by atoms with Gasteiger partial charge in [0.1, 0.15) is 0 Å². The molecule has 0 spiro atoms. The van der Waals surface area contributed by atoms with Gasteiger partial charge in [0.05, 0.1) is 0 Å². The molecule has 0 aromatic carbocycles. The first kappa shape index (κ1) is 11.4. The highest BCUT2D eigenvalue weighted by atomic mass is 15.2. The van der Waals surface area contributed by atoms with Crippen LogP contribution in [0.4, 0.5) is 0 Å². The lowest BCUT2D eigenvalue weighted by Crippen LogP contribution is -2.41. The molecule has 1 heterocycles. The van der Waals surface area contributed by atoms with Crippen LogP contribution in [0.1, 0.15) is 46.0 Å². The summed E-state index contributed by atoms with van der Waals surface area (Å²) in [6.07, 6.45) is 6.88. The molecule has 0 aromatic heterocycles. The Bertz CT molecular complexity index is 205. The Kier molecular flexibility index (Phi) is 3.36. The average molecular weight is 210 g/mol. The van der Waals surface area contributed by atoms with Crippen LogP contribution in [-0.2, 0) is 0 Å². The van der Waals surface area contributed by atoms with Crippen LogP contribution in [0.25, 0.3) is 0 Å². The third-order valence-corrected chi connectivity index (χ3v) is 4.44.